The molecule has 0 radical (unpaired) electrons. The summed E-state index contributed by atoms with van der Waals surface area (Å²) in [6.45, 7) is 6.43. The first-order valence-electron chi connectivity index (χ1n) is 8.14. The Bertz CT molecular complexity index is 725. The molecule has 6 nitrogen and oxygen atoms in total. The lowest BCUT2D eigenvalue weighted by molar-refractivity contribution is -0.137. The van der Waals surface area contributed by atoms with Crippen molar-refractivity contribution in [3.63, 3.8) is 0 Å². The van der Waals surface area contributed by atoms with E-state index < -0.39 is 5.97 Å². The first kappa shape index (κ1) is 18.9. The van der Waals surface area contributed by atoms with Gasteiger partial charge >= 0.3 is 5.97 Å². The average molecular weight is 362 g/mol. The lowest BCUT2D eigenvalue weighted by Gasteiger charge is -2.25. The lowest BCUT2D eigenvalue weighted by atomic mass is 10.2. The van der Waals surface area contributed by atoms with Gasteiger partial charge in [0.25, 0.3) is 5.91 Å². The van der Waals surface area contributed by atoms with Crippen LogP contribution in [0, 0.1) is 0 Å². The molecule has 0 aliphatic heterocycles. The maximum absolute atomic E-state index is 12.6. The van der Waals surface area contributed by atoms with Gasteiger partial charge in [0, 0.05) is 23.5 Å². The van der Waals surface area contributed by atoms with Gasteiger partial charge in [0.15, 0.2) is 0 Å². The molecule has 25 heavy (non-hydrogen) atoms. The molecule has 0 aliphatic carbocycles. The van der Waals surface area contributed by atoms with Crippen LogP contribution in [-0.4, -0.2) is 46.1 Å². The van der Waals surface area contributed by atoms with Crippen LogP contribution in [0.4, 0.5) is 0 Å². The third kappa shape index (κ3) is 5.03. The molecule has 134 valence electrons. The summed E-state index contributed by atoms with van der Waals surface area (Å²) in [5.41, 5.74) is 1.25. The molecule has 2 rings (SSSR count). The first-order chi connectivity index (χ1) is 11.9. The maximum Gasteiger partial charge on any atom is 0.305 e. The number of carbonyl (C=O) groups excluding carboxylic acids is 1. The Balaban J connectivity index is 2.15. The Morgan fingerprint density at radius 1 is 1.28 bits per heavy atom. The Kier molecular flexibility index (Phi) is 6.52. The number of nitrogens with zero attached hydrogens (tertiary/aromatic N) is 2. The topological polar surface area (TPSA) is 79.7 Å². The minimum atomic E-state index is -0.924. The van der Waals surface area contributed by atoms with E-state index in [1.165, 1.54) is 16.2 Å². The van der Waals surface area contributed by atoms with Crippen LogP contribution < -0.4 is 4.74 Å². The molecule has 1 N–H and O–H groups in total. The van der Waals surface area contributed by atoms with Crippen LogP contribution in [0.3, 0.4) is 0 Å². The number of ether oxygens (including phenoxy) is 1. The molecule has 1 amide bonds. The Morgan fingerprint density at radius 3 is 2.52 bits per heavy atom. The minimum Gasteiger partial charge on any atom is -0.494 e. The maximum atomic E-state index is 12.6. The van der Waals surface area contributed by atoms with Gasteiger partial charge in [-0.15, -0.1) is 11.3 Å². The van der Waals surface area contributed by atoms with Crippen LogP contribution in [-0.2, 0) is 4.79 Å². The van der Waals surface area contributed by atoms with Gasteiger partial charge in [-0.1, -0.05) is 0 Å². The van der Waals surface area contributed by atoms with Gasteiger partial charge in [-0.2, -0.15) is 0 Å². The third-order valence-corrected chi connectivity index (χ3v) is 4.48. The highest BCUT2D eigenvalue weighted by Crippen LogP contribution is 2.26. The van der Waals surface area contributed by atoms with Crippen molar-refractivity contribution in [2.45, 2.75) is 33.2 Å². The van der Waals surface area contributed by atoms with Gasteiger partial charge in [0.05, 0.1) is 13.0 Å². The summed E-state index contributed by atoms with van der Waals surface area (Å²) >= 11 is 1.39. The van der Waals surface area contributed by atoms with E-state index in [0.717, 1.165) is 16.3 Å². The molecule has 0 unspecified atom stereocenters. The van der Waals surface area contributed by atoms with Gasteiger partial charge in [-0.3, -0.25) is 9.59 Å². The number of carboxylic acids is 1. The monoisotopic (exact) mass is 362 g/mol. The number of hydrogen-bond donors (Lipinski definition) is 1. The van der Waals surface area contributed by atoms with Crippen LogP contribution in [0.1, 0.15) is 37.7 Å². The smallest absolute Gasteiger partial charge is 0.305 e. The Morgan fingerprint density at radius 2 is 1.96 bits per heavy atom. The molecule has 7 heteroatoms. The van der Waals surface area contributed by atoms with E-state index in [2.05, 4.69) is 4.98 Å². The predicted molar refractivity (Wildman–Crippen MR) is 97.1 cm³/mol. The fourth-order valence-corrected chi connectivity index (χ4v) is 3.12. The zero-order valence-corrected chi connectivity index (χ0v) is 15.4. The molecule has 0 saturated heterocycles. The summed E-state index contributed by atoms with van der Waals surface area (Å²) in [5, 5.41) is 11.3. The van der Waals surface area contributed by atoms with Gasteiger partial charge < -0.3 is 14.7 Å². The summed E-state index contributed by atoms with van der Waals surface area (Å²) in [6, 6.07) is 7.46. The molecule has 0 spiro atoms. The normalized spacial score (nSPS) is 10.7. The summed E-state index contributed by atoms with van der Waals surface area (Å²) in [4.78, 5) is 29.4. The highest BCUT2D eigenvalue weighted by atomic mass is 32.1. The van der Waals surface area contributed by atoms with Crippen LogP contribution in [0.5, 0.6) is 5.75 Å². The van der Waals surface area contributed by atoms with E-state index >= 15 is 0 Å². The van der Waals surface area contributed by atoms with Crippen molar-refractivity contribution in [1.29, 1.82) is 0 Å². The highest BCUT2D eigenvalue weighted by Gasteiger charge is 2.22. The van der Waals surface area contributed by atoms with Crippen molar-refractivity contribution in [1.82, 2.24) is 9.88 Å². The summed E-state index contributed by atoms with van der Waals surface area (Å²) < 4.78 is 5.42. The number of aromatic nitrogens is 1. The van der Waals surface area contributed by atoms with E-state index in [-0.39, 0.29) is 24.9 Å². The third-order valence-electron chi connectivity index (χ3n) is 3.59. The molecule has 1 aromatic carbocycles. The molecule has 0 saturated carbocycles. The van der Waals surface area contributed by atoms with E-state index in [1.54, 1.807) is 5.38 Å². The van der Waals surface area contributed by atoms with Gasteiger partial charge in [0.2, 0.25) is 0 Å². The summed E-state index contributed by atoms with van der Waals surface area (Å²) in [5.74, 6) is -0.379. The number of hydrogen-bond acceptors (Lipinski definition) is 5. The van der Waals surface area contributed by atoms with Crippen molar-refractivity contribution < 1.29 is 19.4 Å². The Labute approximate surface area is 151 Å². The molecule has 1 heterocycles. The summed E-state index contributed by atoms with van der Waals surface area (Å²) in [7, 11) is 0. The lowest BCUT2D eigenvalue weighted by Crippen LogP contribution is -2.38. The van der Waals surface area contributed by atoms with E-state index in [1.807, 2.05) is 45.0 Å². The van der Waals surface area contributed by atoms with E-state index in [9.17, 15) is 9.59 Å². The molecule has 0 aliphatic rings. The van der Waals surface area contributed by atoms with Gasteiger partial charge in [-0.05, 0) is 45.0 Å². The number of benzene rings is 1. The molecular weight excluding hydrogens is 340 g/mol. The average Bonchev–Trinajstić information content (AvgIpc) is 3.05. The number of rotatable bonds is 8. The van der Waals surface area contributed by atoms with Gasteiger partial charge in [0.1, 0.15) is 16.5 Å². The second-order valence-corrected chi connectivity index (χ2v) is 6.59. The second kappa shape index (κ2) is 8.62. The largest absolute Gasteiger partial charge is 0.494 e. The SMILES string of the molecule is CCOc1ccc(-c2nc(C(=O)N(CCC(=O)O)C(C)C)cs2)cc1. The number of aliphatic carboxylic acids is 1. The standard InChI is InChI=1S/C18H22N2O4S/c1-4-24-14-7-5-13(6-8-14)17-19-15(11-25-17)18(23)20(12(2)3)10-9-16(21)22/h5-8,11-12H,4,9-10H2,1-3H3,(H,21,22). The number of carbonyl (C=O) groups is 2. The molecule has 1 aromatic heterocycles. The zero-order valence-electron chi connectivity index (χ0n) is 14.6. The van der Waals surface area contributed by atoms with Crippen molar-refractivity contribution >= 4 is 23.2 Å². The fraction of sp³-hybridized carbons (Fsp3) is 0.389. The number of thiazole rings is 1. The zero-order chi connectivity index (χ0) is 18.4. The van der Waals surface area contributed by atoms with Crippen LogP contribution in [0.15, 0.2) is 29.6 Å². The van der Waals surface area contributed by atoms with Crippen molar-refractivity contribution in [2.24, 2.45) is 0 Å². The molecule has 2 aromatic rings. The van der Waals surface area contributed by atoms with Crippen LogP contribution in [0.25, 0.3) is 10.6 Å². The Hall–Kier alpha value is -2.41. The predicted octanol–water partition coefficient (Wildman–Crippen LogP) is 3.53. The van der Waals surface area contributed by atoms with Gasteiger partial charge in [-0.25, -0.2) is 4.98 Å². The molecular formula is C18H22N2O4S. The summed E-state index contributed by atoms with van der Waals surface area (Å²) in [6.07, 6.45) is -0.0835. The van der Waals surface area contributed by atoms with Crippen molar-refractivity contribution in [3.8, 4) is 16.3 Å². The van der Waals surface area contributed by atoms with E-state index in [4.69, 9.17) is 9.84 Å². The first-order valence-corrected chi connectivity index (χ1v) is 9.01. The van der Waals surface area contributed by atoms with Crippen LogP contribution in [0.2, 0.25) is 0 Å². The molecule has 0 fully saturated rings. The van der Waals surface area contributed by atoms with Crippen molar-refractivity contribution in [3.05, 3.63) is 35.3 Å². The van der Waals surface area contributed by atoms with Crippen LogP contribution >= 0.6 is 11.3 Å². The number of amides is 1. The minimum absolute atomic E-state index is 0.0835. The number of carboxylic acid groups (broad SMARTS) is 1. The second-order valence-electron chi connectivity index (χ2n) is 5.73. The highest BCUT2D eigenvalue weighted by molar-refractivity contribution is 7.13. The van der Waals surface area contributed by atoms with Crippen molar-refractivity contribution in [2.75, 3.05) is 13.2 Å². The quantitative estimate of drug-likeness (QED) is 0.777. The molecule has 0 bridgehead atoms. The fourth-order valence-electron chi connectivity index (χ4n) is 2.32. The van der Waals surface area contributed by atoms with E-state index in [0.29, 0.717) is 12.3 Å². The molecule has 0 atom stereocenters.